The second-order valence-corrected chi connectivity index (χ2v) is 6.12. The average molecular weight is 374 g/mol. The Kier molecular flexibility index (Phi) is 6.29. The molecule has 0 atom stereocenters. The zero-order valence-electron chi connectivity index (χ0n) is 12.8. The van der Waals surface area contributed by atoms with Crippen molar-refractivity contribution in [3.8, 4) is 11.1 Å². The zero-order valence-corrected chi connectivity index (χ0v) is 15.6. The van der Waals surface area contributed by atoms with Crippen LogP contribution in [0.15, 0.2) is 36.4 Å². The largest absolute Gasteiger partial charge is 3.00 e. The van der Waals surface area contributed by atoms with E-state index in [4.69, 9.17) is 0 Å². The molecule has 0 aliphatic heterocycles. The molecule has 1 fully saturated rings. The molecule has 110 valence electrons. The van der Waals surface area contributed by atoms with Crippen molar-refractivity contribution in [3.63, 3.8) is 0 Å². The Labute approximate surface area is 156 Å². The van der Waals surface area contributed by atoms with Crippen LogP contribution in [0.4, 0.5) is 8.78 Å². The van der Waals surface area contributed by atoms with Gasteiger partial charge < -0.3 is 0 Å². The Morgan fingerprint density at radius 1 is 1.00 bits per heavy atom. The summed E-state index contributed by atoms with van der Waals surface area (Å²) >= 11 is 0. The van der Waals surface area contributed by atoms with Crippen LogP contribution in [0.3, 0.4) is 0 Å². The Morgan fingerprint density at radius 3 is 2.36 bits per heavy atom. The first-order valence-electron chi connectivity index (χ1n) is 7.60. The van der Waals surface area contributed by atoms with Gasteiger partial charge in [-0.3, -0.25) is 0 Å². The third-order valence-corrected chi connectivity index (χ3v) is 4.56. The number of benzene rings is 2. The molecule has 0 heterocycles. The molecule has 3 heteroatoms. The molecular weight excluding hydrogens is 355 g/mol. The summed E-state index contributed by atoms with van der Waals surface area (Å²) < 4.78 is 27.6. The van der Waals surface area contributed by atoms with Crippen molar-refractivity contribution in [2.45, 2.75) is 38.5 Å². The van der Waals surface area contributed by atoms with E-state index in [0.717, 1.165) is 24.3 Å². The smallest absolute Gasteiger partial charge is 0.236 e. The molecular formula is C19H19F2Y+2. The minimum absolute atomic E-state index is 0. The SMILES string of the molecule is CC1CCC(c2ccc(-c3cc[c-]c(F)c3)c(F)c2)CC1.[Y+3]. The summed E-state index contributed by atoms with van der Waals surface area (Å²) in [4.78, 5) is 0. The molecule has 0 N–H and O–H groups in total. The van der Waals surface area contributed by atoms with Crippen LogP contribution in [0, 0.1) is 23.6 Å². The van der Waals surface area contributed by atoms with Crippen molar-refractivity contribution in [2.75, 3.05) is 0 Å². The molecule has 0 radical (unpaired) electrons. The van der Waals surface area contributed by atoms with Gasteiger partial charge in [0.25, 0.3) is 0 Å². The van der Waals surface area contributed by atoms with Crippen molar-refractivity contribution < 1.29 is 41.5 Å². The average Bonchev–Trinajstić information content (AvgIpc) is 2.48. The van der Waals surface area contributed by atoms with Gasteiger partial charge in [-0.2, -0.15) is 12.1 Å². The van der Waals surface area contributed by atoms with E-state index in [1.807, 2.05) is 6.07 Å². The molecule has 2 aromatic rings. The van der Waals surface area contributed by atoms with Gasteiger partial charge in [-0.15, -0.1) is 17.7 Å². The van der Waals surface area contributed by atoms with Gasteiger partial charge in [-0.05, 0) is 41.9 Å². The first-order valence-corrected chi connectivity index (χ1v) is 7.60. The second kappa shape index (κ2) is 7.79. The van der Waals surface area contributed by atoms with Crippen molar-refractivity contribution in [3.05, 3.63) is 59.7 Å². The predicted octanol–water partition coefficient (Wildman–Crippen LogP) is 5.72. The Balaban J connectivity index is 0.00000176. The summed E-state index contributed by atoms with van der Waals surface area (Å²) in [6.07, 6.45) is 4.70. The maximum absolute atomic E-state index is 14.4. The molecule has 3 rings (SSSR count). The van der Waals surface area contributed by atoms with Gasteiger partial charge in [-0.1, -0.05) is 31.9 Å². The van der Waals surface area contributed by atoms with Gasteiger partial charge >= 0.3 is 32.7 Å². The van der Waals surface area contributed by atoms with E-state index in [0.29, 0.717) is 17.0 Å². The van der Waals surface area contributed by atoms with Gasteiger partial charge in [-0.25, -0.2) is 8.78 Å². The third kappa shape index (κ3) is 4.03. The van der Waals surface area contributed by atoms with E-state index >= 15 is 0 Å². The van der Waals surface area contributed by atoms with Crippen molar-refractivity contribution in [1.82, 2.24) is 0 Å². The number of hydrogen-bond acceptors (Lipinski definition) is 0. The van der Waals surface area contributed by atoms with E-state index in [1.165, 1.54) is 25.0 Å². The van der Waals surface area contributed by atoms with Gasteiger partial charge in [0.05, 0.1) is 0 Å². The van der Waals surface area contributed by atoms with Gasteiger partial charge in [0.1, 0.15) is 5.82 Å². The fourth-order valence-corrected chi connectivity index (χ4v) is 3.22. The summed E-state index contributed by atoms with van der Waals surface area (Å²) in [5.41, 5.74) is 2.09. The third-order valence-electron chi connectivity index (χ3n) is 4.56. The molecule has 0 amide bonds. The Morgan fingerprint density at radius 2 is 1.73 bits per heavy atom. The first kappa shape index (κ1) is 17.8. The van der Waals surface area contributed by atoms with E-state index in [2.05, 4.69) is 13.0 Å². The second-order valence-electron chi connectivity index (χ2n) is 6.12. The maximum Gasteiger partial charge on any atom is 3.00 e. The van der Waals surface area contributed by atoms with E-state index in [-0.39, 0.29) is 38.5 Å². The normalized spacial score (nSPS) is 21.2. The molecule has 2 aromatic carbocycles. The first-order chi connectivity index (χ1) is 10.1. The van der Waals surface area contributed by atoms with Crippen LogP contribution in [-0.2, 0) is 32.7 Å². The van der Waals surface area contributed by atoms with Crippen molar-refractivity contribution >= 4 is 0 Å². The number of hydrogen-bond donors (Lipinski definition) is 0. The van der Waals surface area contributed by atoms with E-state index in [9.17, 15) is 8.78 Å². The summed E-state index contributed by atoms with van der Waals surface area (Å²) in [5, 5.41) is 0. The van der Waals surface area contributed by atoms with Crippen LogP contribution < -0.4 is 0 Å². The molecule has 0 spiro atoms. The number of rotatable bonds is 2. The van der Waals surface area contributed by atoms with Crippen LogP contribution in [0.5, 0.6) is 0 Å². The predicted molar refractivity (Wildman–Crippen MR) is 81.0 cm³/mol. The standard InChI is InChI=1S/C19H19F2.Y/c1-13-5-7-14(8-6-13)15-9-10-18(19(21)12-15)16-3-2-4-17(20)11-16;/h2-3,9-14H,5-8H2,1H3;/q-1;+3. The summed E-state index contributed by atoms with van der Waals surface area (Å²) in [5.74, 6) is 0.522. The van der Waals surface area contributed by atoms with Gasteiger partial charge in [0.2, 0.25) is 0 Å². The fourth-order valence-electron chi connectivity index (χ4n) is 3.22. The summed E-state index contributed by atoms with van der Waals surface area (Å²) in [6, 6.07) is 12.3. The van der Waals surface area contributed by atoms with Crippen LogP contribution in [0.1, 0.15) is 44.1 Å². The Hall–Kier alpha value is -0.596. The molecule has 22 heavy (non-hydrogen) atoms. The Bertz CT molecular complexity index is 631. The quantitative estimate of drug-likeness (QED) is 0.590. The molecule has 1 aliphatic rings. The molecule has 0 saturated heterocycles. The summed E-state index contributed by atoms with van der Waals surface area (Å²) in [6.45, 7) is 2.28. The van der Waals surface area contributed by atoms with E-state index in [1.54, 1.807) is 18.2 Å². The van der Waals surface area contributed by atoms with Gasteiger partial charge in [0.15, 0.2) is 0 Å². The molecule has 0 nitrogen and oxygen atoms in total. The minimum atomic E-state index is -0.461. The van der Waals surface area contributed by atoms with Crippen LogP contribution in [0.2, 0.25) is 0 Å². The van der Waals surface area contributed by atoms with Crippen molar-refractivity contribution in [1.29, 1.82) is 0 Å². The zero-order chi connectivity index (χ0) is 14.8. The fraction of sp³-hybridized carbons (Fsp3) is 0.368. The van der Waals surface area contributed by atoms with Crippen LogP contribution in [0.25, 0.3) is 11.1 Å². The van der Waals surface area contributed by atoms with Crippen LogP contribution in [-0.4, -0.2) is 0 Å². The minimum Gasteiger partial charge on any atom is -0.236 e. The summed E-state index contributed by atoms with van der Waals surface area (Å²) in [7, 11) is 0. The topological polar surface area (TPSA) is 0 Å². The van der Waals surface area contributed by atoms with E-state index < -0.39 is 5.82 Å². The molecule has 0 bridgehead atoms. The molecule has 1 aliphatic carbocycles. The van der Waals surface area contributed by atoms with Crippen LogP contribution >= 0.6 is 0 Å². The molecule has 1 saturated carbocycles. The van der Waals surface area contributed by atoms with Crippen molar-refractivity contribution in [2.24, 2.45) is 5.92 Å². The monoisotopic (exact) mass is 374 g/mol. The molecule has 0 unspecified atom stereocenters. The molecule has 0 aromatic heterocycles. The number of halogens is 2. The maximum atomic E-state index is 14.4. The van der Waals surface area contributed by atoms with Gasteiger partial charge in [0, 0.05) is 5.82 Å².